The van der Waals surface area contributed by atoms with Crippen LogP contribution >= 0.6 is 0 Å². The van der Waals surface area contributed by atoms with Gasteiger partial charge in [0.05, 0.1) is 11.1 Å². The Bertz CT molecular complexity index is 806. The van der Waals surface area contributed by atoms with Gasteiger partial charge in [0.15, 0.2) is 0 Å². The number of amides is 2. The predicted molar refractivity (Wildman–Crippen MR) is 110 cm³/mol. The Morgan fingerprint density at radius 2 is 1.42 bits per heavy atom. The molecule has 2 N–H and O–H groups in total. The van der Waals surface area contributed by atoms with E-state index < -0.39 is 40.4 Å². The van der Waals surface area contributed by atoms with Crippen LogP contribution in [0.2, 0.25) is 0 Å². The summed E-state index contributed by atoms with van der Waals surface area (Å²) in [5.41, 5.74) is -4.18. The summed E-state index contributed by atoms with van der Waals surface area (Å²) in [6.07, 6.45) is -8.58. The molecule has 0 unspecified atom stereocenters. The van der Waals surface area contributed by atoms with Crippen molar-refractivity contribution >= 4 is 11.8 Å². The molecule has 1 fully saturated rings. The van der Waals surface area contributed by atoms with Gasteiger partial charge >= 0.3 is 12.4 Å². The number of halogens is 6. The number of piperidine rings is 1. The molecule has 2 amide bonds. The smallest absolute Gasteiger partial charge is 0.354 e. The monoisotopic (exact) mass is 481 g/mol. The van der Waals surface area contributed by atoms with E-state index in [9.17, 15) is 35.9 Å². The van der Waals surface area contributed by atoms with Crippen molar-refractivity contribution in [1.29, 1.82) is 0 Å². The summed E-state index contributed by atoms with van der Waals surface area (Å²) in [7, 11) is 0. The number of benzene rings is 1. The van der Waals surface area contributed by atoms with Gasteiger partial charge in [0.1, 0.15) is 0 Å². The van der Waals surface area contributed by atoms with Gasteiger partial charge in [-0.3, -0.25) is 9.59 Å². The highest BCUT2D eigenvalue weighted by Gasteiger charge is 2.37. The first kappa shape index (κ1) is 26.9. The van der Waals surface area contributed by atoms with E-state index in [4.69, 9.17) is 0 Å². The number of rotatable bonds is 6. The van der Waals surface area contributed by atoms with Crippen LogP contribution in [0.4, 0.5) is 26.3 Å². The number of alkyl halides is 6. The Morgan fingerprint density at radius 1 is 0.909 bits per heavy atom. The molecule has 0 saturated carbocycles. The molecule has 11 heteroatoms. The lowest BCUT2D eigenvalue weighted by atomic mass is 9.95. The van der Waals surface area contributed by atoms with Crippen molar-refractivity contribution in [3.05, 3.63) is 34.9 Å². The van der Waals surface area contributed by atoms with Gasteiger partial charge in [-0.05, 0) is 50.0 Å². The maximum absolute atomic E-state index is 13.0. The van der Waals surface area contributed by atoms with Gasteiger partial charge in [-0.2, -0.15) is 26.3 Å². The maximum atomic E-state index is 13.0. The van der Waals surface area contributed by atoms with Gasteiger partial charge in [-0.25, -0.2) is 0 Å². The Balaban J connectivity index is 1.87. The highest BCUT2D eigenvalue weighted by molar-refractivity contribution is 5.94. The quantitative estimate of drug-likeness (QED) is 0.595. The van der Waals surface area contributed by atoms with E-state index in [-0.39, 0.29) is 24.4 Å². The first-order valence-corrected chi connectivity index (χ1v) is 10.7. The molecule has 5 nitrogen and oxygen atoms in total. The average Bonchev–Trinajstić information content (AvgIpc) is 2.70. The lowest BCUT2D eigenvalue weighted by Gasteiger charge is -2.32. The van der Waals surface area contributed by atoms with Crippen molar-refractivity contribution < 1.29 is 35.9 Å². The number of likely N-dealkylation sites (tertiary alicyclic amines) is 1. The summed E-state index contributed by atoms with van der Waals surface area (Å²) in [5, 5.41) is 5.34. The molecule has 1 aromatic rings. The highest BCUT2D eigenvalue weighted by atomic mass is 19.4. The van der Waals surface area contributed by atoms with E-state index in [1.807, 2.05) is 20.8 Å². The Kier molecular flexibility index (Phi) is 8.42. The van der Waals surface area contributed by atoms with Crippen molar-refractivity contribution in [2.24, 2.45) is 11.3 Å². The molecule has 1 aliphatic rings. The molecule has 0 aliphatic carbocycles. The van der Waals surface area contributed by atoms with E-state index in [2.05, 4.69) is 15.5 Å². The second-order valence-corrected chi connectivity index (χ2v) is 9.30. The molecular weight excluding hydrogens is 452 g/mol. The van der Waals surface area contributed by atoms with Crippen LogP contribution in [0.15, 0.2) is 18.2 Å². The second kappa shape index (κ2) is 10.3. The SMILES string of the molecule is CC(C)(C)C(=O)NCCN1CCC(CNC(=O)c2cc(C(F)(F)F)cc(C(F)(F)F)c2)CC1. The first-order valence-electron chi connectivity index (χ1n) is 10.7. The Hall–Kier alpha value is -2.30. The summed E-state index contributed by atoms with van der Waals surface area (Å²) in [6, 6.07) is 0.856. The van der Waals surface area contributed by atoms with E-state index in [0.717, 1.165) is 0 Å². The van der Waals surface area contributed by atoms with Gasteiger partial charge in [0.25, 0.3) is 5.91 Å². The fourth-order valence-corrected chi connectivity index (χ4v) is 3.43. The third-order valence-corrected chi connectivity index (χ3v) is 5.50. The van der Waals surface area contributed by atoms with Crippen LogP contribution in [0.5, 0.6) is 0 Å². The lowest BCUT2D eigenvalue weighted by Crippen LogP contribution is -2.43. The fraction of sp³-hybridized carbons (Fsp3) is 0.636. The van der Waals surface area contributed by atoms with E-state index in [1.54, 1.807) is 0 Å². The van der Waals surface area contributed by atoms with E-state index in [0.29, 0.717) is 51.2 Å². The number of nitrogens with zero attached hydrogens (tertiary/aromatic N) is 1. The van der Waals surface area contributed by atoms with Crippen LogP contribution in [-0.2, 0) is 17.1 Å². The van der Waals surface area contributed by atoms with Crippen molar-refractivity contribution in [2.75, 3.05) is 32.7 Å². The highest BCUT2D eigenvalue weighted by Crippen LogP contribution is 2.36. The Labute approximate surface area is 188 Å². The molecule has 1 saturated heterocycles. The normalized spacial score (nSPS) is 16.5. The van der Waals surface area contributed by atoms with Crippen molar-refractivity contribution in [1.82, 2.24) is 15.5 Å². The van der Waals surface area contributed by atoms with Gasteiger partial charge in [0, 0.05) is 30.6 Å². The second-order valence-electron chi connectivity index (χ2n) is 9.30. The van der Waals surface area contributed by atoms with Crippen LogP contribution in [0.1, 0.15) is 55.1 Å². The van der Waals surface area contributed by atoms with E-state index >= 15 is 0 Å². The number of carbonyl (C=O) groups is 2. The Morgan fingerprint density at radius 3 is 1.88 bits per heavy atom. The molecule has 33 heavy (non-hydrogen) atoms. The minimum absolute atomic E-state index is 0.00355. The molecule has 1 aromatic carbocycles. The molecule has 0 radical (unpaired) electrons. The van der Waals surface area contributed by atoms with Crippen molar-refractivity contribution in [3.63, 3.8) is 0 Å². The number of nitrogens with one attached hydrogen (secondary N) is 2. The summed E-state index contributed by atoms with van der Waals surface area (Å²) < 4.78 is 77.9. The average molecular weight is 481 g/mol. The number of hydrogen-bond acceptors (Lipinski definition) is 3. The molecule has 2 rings (SSSR count). The van der Waals surface area contributed by atoms with Gasteiger partial charge in [-0.15, -0.1) is 0 Å². The third kappa shape index (κ3) is 8.21. The number of carbonyl (C=O) groups excluding carboxylic acids is 2. The molecule has 1 heterocycles. The standard InChI is InChI=1S/C22H29F6N3O2/c1-20(2,3)19(33)29-6-9-31-7-4-14(5-8-31)13-30-18(32)15-10-16(21(23,24)25)12-17(11-15)22(26,27)28/h10-12,14H,4-9,13H2,1-3H3,(H,29,33)(H,30,32). The van der Waals surface area contributed by atoms with Crippen LogP contribution < -0.4 is 10.6 Å². The third-order valence-electron chi connectivity index (χ3n) is 5.50. The van der Waals surface area contributed by atoms with Crippen molar-refractivity contribution in [3.8, 4) is 0 Å². The fourth-order valence-electron chi connectivity index (χ4n) is 3.43. The zero-order valence-corrected chi connectivity index (χ0v) is 18.8. The molecule has 1 aliphatic heterocycles. The first-order chi connectivity index (χ1) is 15.1. The van der Waals surface area contributed by atoms with Gasteiger partial charge < -0.3 is 15.5 Å². The minimum Gasteiger partial charge on any atom is -0.354 e. The predicted octanol–water partition coefficient (Wildman–Crippen LogP) is 4.33. The summed E-state index contributed by atoms with van der Waals surface area (Å²) >= 11 is 0. The van der Waals surface area contributed by atoms with Crippen LogP contribution in [0.25, 0.3) is 0 Å². The van der Waals surface area contributed by atoms with Crippen molar-refractivity contribution in [2.45, 2.75) is 46.0 Å². The topological polar surface area (TPSA) is 61.4 Å². The maximum Gasteiger partial charge on any atom is 0.416 e. The zero-order valence-electron chi connectivity index (χ0n) is 18.8. The zero-order chi connectivity index (χ0) is 25.0. The lowest BCUT2D eigenvalue weighted by molar-refractivity contribution is -0.143. The van der Waals surface area contributed by atoms with Crippen LogP contribution in [0.3, 0.4) is 0 Å². The summed E-state index contributed by atoms with van der Waals surface area (Å²) in [6.45, 7) is 8.24. The van der Waals surface area contributed by atoms with Crippen LogP contribution in [0, 0.1) is 11.3 Å². The summed E-state index contributed by atoms with van der Waals surface area (Å²) in [5.74, 6) is -0.954. The van der Waals surface area contributed by atoms with Gasteiger partial charge in [-0.1, -0.05) is 20.8 Å². The molecule has 186 valence electrons. The molecule has 0 atom stereocenters. The molecule has 0 spiro atoms. The van der Waals surface area contributed by atoms with Crippen LogP contribution in [-0.4, -0.2) is 49.4 Å². The molecule has 0 aromatic heterocycles. The summed E-state index contributed by atoms with van der Waals surface area (Å²) in [4.78, 5) is 26.3. The molecule has 0 bridgehead atoms. The largest absolute Gasteiger partial charge is 0.416 e. The number of hydrogen-bond donors (Lipinski definition) is 2. The molecular formula is C22H29F6N3O2. The van der Waals surface area contributed by atoms with Gasteiger partial charge in [0.2, 0.25) is 5.91 Å². The van der Waals surface area contributed by atoms with E-state index in [1.165, 1.54) is 0 Å². The minimum atomic E-state index is -5.00.